The summed E-state index contributed by atoms with van der Waals surface area (Å²) in [7, 11) is 0. The molecule has 0 spiro atoms. The second-order valence-electron chi connectivity index (χ2n) is 5.86. The minimum absolute atomic E-state index is 0.515. The van der Waals surface area contributed by atoms with E-state index in [1.165, 1.54) is 50.2 Å². The molecule has 1 N–H and O–H groups in total. The molecule has 2 heteroatoms. The monoisotopic (exact) mass is 229 g/mol. The maximum atomic E-state index is 3.69. The minimum Gasteiger partial charge on any atom is -0.314 e. The highest BCUT2D eigenvalue weighted by Crippen LogP contribution is 2.21. The summed E-state index contributed by atoms with van der Waals surface area (Å²) >= 11 is 2.11. The van der Waals surface area contributed by atoms with Gasteiger partial charge in [-0.1, -0.05) is 27.2 Å². The largest absolute Gasteiger partial charge is 0.314 e. The molecule has 1 rings (SSSR count). The first-order valence-electron chi connectivity index (χ1n) is 6.39. The Hall–Kier alpha value is 0.310. The van der Waals surface area contributed by atoms with Gasteiger partial charge in [0.05, 0.1) is 0 Å². The van der Waals surface area contributed by atoms with Gasteiger partial charge in [0.25, 0.3) is 0 Å². The van der Waals surface area contributed by atoms with Crippen LogP contribution < -0.4 is 5.32 Å². The van der Waals surface area contributed by atoms with Crippen LogP contribution in [-0.4, -0.2) is 24.1 Å². The third-order valence-corrected chi connectivity index (χ3v) is 4.06. The Morgan fingerprint density at radius 2 is 1.80 bits per heavy atom. The number of hydrogen-bond donors (Lipinski definition) is 1. The molecule has 1 aliphatic heterocycles. The van der Waals surface area contributed by atoms with Crippen LogP contribution in [0, 0.1) is 5.41 Å². The molecule has 0 amide bonds. The van der Waals surface area contributed by atoms with Crippen molar-refractivity contribution in [2.45, 2.75) is 58.9 Å². The Labute approximate surface area is 99.8 Å². The van der Waals surface area contributed by atoms with E-state index in [2.05, 4.69) is 37.8 Å². The lowest BCUT2D eigenvalue weighted by Crippen LogP contribution is -2.33. The van der Waals surface area contributed by atoms with E-state index in [-0.39, 0.29) is 0 Å². The first-order chi connectivity index (χ1) is 7.08. The van der Waals surface area contributed by atoms with Crippen molar-refractivity contribution in [3.05, 3.63) is 0 Å². The zero-order valence-electron chi connectivity index (χ0n) is 10.6. The fraction of sp³-hybridized carbons (Fsp3) is 1.00. The van der Waals surface area contributed by atoms with Gasteiger partial charge in [0.15, 0.2) is 0 Å². The van der Waals surface area contributed by atoms with Crippen LogP contribution in [0.15, 0.2) is 0 Å². The first-order valence-corrected chi connectivity index (χ1v) is 7.54. The summed E-state index contributed by atoms with van der Waals surface area (Å²) in [4.78, 5) is 0. The molecule has 0 aliphatic carbocycles. The fourth-order valence-electron chi connectivity index (χ4n) is 1.99. The van der Waals surface area contributed by atoms with Crippen molar-refractivity contribution in [3.63, 3.8) is 0 Å². The molecule has 0 aromatic heterocycles. The Balaban J connectivity index is 1.92. The van der Waals surface area contributed by atoms with Gasteiger partial charge in [0.1, 0.15) is 0 Å². The molecule has 0 radical (unpaired) electrons. The zero-order chi connectivity index (χ0) is 11.1. The van der Waals surface area contributed by atoms with Crippen LogP contribution in [0.1, 0.15) is 52.9 Å². The lowest BCUT2D eigenvalue weighted by molar-refractivity contribution is 0.354. The van der Waals surface area contributed by atoms with E-state index in [4.69, 9.17) is 0 Å². The molecule has 1 fully saturated rings. The molecule has 0 bridgehead atoms. The Kier molecular flexibility index (Phi) is 6.06. The highest BCUT2D eigenvalue weighted by atomic mass is 32.2. The number of unbranched alkanes of at least 4 members (excludes halogenated alkanes) is 1. The van der Waals surface area contributed by atoms with Crippen LogP contribution in [-0.2, 0) is 0 Å². The molecule has 1 heterocycles. The van der Waals surface area contributed by atoms with Crippen LogP contribution in [0.5, 0.6) is 0 Å². The summed E-state index contributed by atoms with van der Waals surface area (Å²) in [5.41, 5.74) is 0.515. The standard InChI is InChI=1S/C13H27NS/c1-13(2,3)8-4-5-9-14-12-6-10-15-11-7-12/h12,14H,4-11H2,1-3H3. The molecule has 1 saturated heterocycles. The van der Waals surface area contributed by atoms with Crippen molar-refractivity contribution in [3.8, 4) is 0 Å². The molecule has 0 saturated carbocycles. The van der Waals surface area contributed by atoms with E-state index < -0.39 is 0 Å². The second kappa shape index (κ2) is 6.80. The maximum absolute atomic E-state index is 3.69. The van der Waals surface area contributed by atoms with E-state index in [0.29, 0.717) is 5.41 Å². The van der Waals surface area contributed by atoms with Gasteiger partial charge in [-0.3, -0.25) is 0 Å². The van der Waals surface area contributed by atoms with Gasteiger partial charge in [-0.25, -0.2) is 0 Å². The summed E-state index contributed by atoms with van der Waals surface area (Å²) in [6.45, 7) is 8.22. The highest BCUT2D eigenvalue weighted by Gasteiger charge is 2.12. The first kappa shape index (κ1) is 13.4. The summed E-state index contributed by atoms with van der Waals surface area (Å²) in [6, 6.07) is 0.820. The minimum atomic E-state index is 0.515. The Morgan fingerprint density at radius 3 is 2.40 bits per heavy atom. The van der Waals surface area contributed by atoms with Gasteiger partial charge in [0, 0.05) is 6.04 Å². The highest BCUT2D eigenvalue weighted by molar-refractivity contribution is 7.99. The van der Waals surface area contributed by atoms with Gasteiger partial charge in [0.2, 0.25) is 0 Å². The van der Waals surface area contributed by atoms with Crippen molar-refractivity contribution in [1.82, 2.24) is 5.32 Å². The normalized spacial score (nSPS) is 19.4. The van der Waals surface area contributed by atoms with Crippen molar-refractivity contribution >= 4 is 11.8 Å². The predicted octanol–water partition coefficient (Wildman–Crippen LogP) is 3.69. The molecule has 1 nitrogen and oxygen atoms in total. The van der Waals surface area contributed by atoms with E-state index in [1.54, 1.807) is 0 Å². The van der Waals surface area contributed by atoms with Crippen LogP contribution in [0.25, 0.3) is 0 Å². The molecule has 0 atom stereocenters. The van der Waals surface area contributed by atoms with Crippen LogP contribution in [0.4, 0.5) is 0 Å². The number of thioether (sulfide) groups is 1. The summed E-state index contributed by atoms with van der Waals surface area (Å²) < 4.78 is 0. The quantitative estimate of drug-likeness (QED) is 0.722. The van der Waals surface area contributed by atoms with Crippen LogP contribution in [0.3, 0.4) is 0 Å². The van der Waals surface area contributed by atoms with Gasteiger partial charge < -0.3 is 5.32 Å². The van der Waals surface area contributed by atoms with Gasteiger partial charge in [-0.05, 0) is 49.1 Å². The number of rotatable bonds is 5. The topological polar surface area (TPSA) is 12.0 Å². The summed E-state index contributed by atoms with van der Waals surface area (Å²) in [5, 5.41) is 3.69. The molecule has 0 unspecified atom stereocenters. The Morgan fingerprint density at radius 1 is 1.13 bits per heavy atom. The summed E-state index contributed by atoms with van der Waals surface area (Å²) in [6.07, 6.45) is 6.84. The van der Waals surface area contributed by atoms with E-state index in [0.717, 1.165) is 6.04 Å². The number of hydrogen-bond acceptors (Lipinski definition) is 2. The smallest absolute Gasteiger partial charge is 0.00827 e. The molecular formula is C13H27NS. The van der Waals surface area contributed by atoms with Gasteiger partial charge >= 0.3 is 0 Å². The van der Waals surface area contributed by atoms with Crippen LogP contribution in [0.2, 0.25) is 0 Å². The van der Waals surface area contributed by atoms with Gasteiger partial charge in [-0.15, -0.1) is 0 Å². The van der Waals surface area contributed by atoms with Crippen molar-refractivity contribution < 1.29 is 0 Å². The Bertz CT molecular complexity index is 156. The zero-order valence-corrected chi connectivity index (χ0v) is 11.5. The molecular weight excluding hydrogens is 202 g/mol. The van der Waals surface area contributed by atoms with Crippen LogP contribution >= 0.6 is 11.8 Å². The lowest BCUT2D eigenvalue weighted by Gasteiger charge is -2.23. The average molecular weight is 229 g/mol. The van der Waals surface area contributed by atoms with E-state index in [9.17, 15) is 0 Å². The summed E-state index contributed by atoms with van der Waals surface area (Å²) in [5.74, 6) is 2.72. The van der Waals surface area contributed by atoms with Gasteiger partial charge in [-0.2, -0.15) is 11.8 Å². The fourth-order valence-corrected chi connectivity index (χ4v) is 3.09. The van der Waals surface area contributed by atoms with E-state index >= 15 is 0 Å². The second-order valence-corrected chi connectivity index (χ2v) is 7.08. The SMILES string of the molecule is CC(C)(C)CCCCNC1CCSCC1. The lowest BCUT2D eigenvalue weighted by atomic mass is 9.90. The molecule has 15 heavy (non-hydrogen) atoms. The third kappa shape index (κ3) is 7.24. The molecule has 0 aromatic rings. The maximum Gasteiger partial charge on any atom is 0.00827 e. The molecule has 1 aliphatic rings. The number of nitrogens with one attached hydrogen (secondary N) is 1. The van der Waals surface area contributed by atoms with Crippen molar-refractivity contribution in [1.29, 1.82) is 0 Å². The van der Waals surface area contributed by atoms with Crippen molar-refractivity contribution in [2.24, 2.45) is 5.41 Å². The molecule has 90 valence electrons. The average Bonchev–Trinajstić information content (AvgIpc) is 2.17. The third-order valence-electron chi connectivity index (χ3n) is 3.01. The predicted molar refractivity (Wildman–Crippen MR) is 71.7 cm³/mol. The molecule has 0 aromatic carbocycles. The van der Waals surface area contributed by atoms with E-state index in [1.807, 2.05) is 0 Å². The van der Waals surface area contributed by atoms with Crippen molar-refractivity contribution in [2.75, 3.05) is 18.1 Å².